The third-order valence-corrected chi connectivity index (χ3v) is 4.26. The van der Waals surface area contributed by atoms with E-state index in [1.165, 1.54) is 0 Å². The Kier molecular flexibility index (Phi) is 4.74. The van der Waals surface area contributed by atoms with E-state index in [1.807, 2.05) is 38.1 Å². The molecule has 120 valence electrons. The van der Waals surface area contributed by atoms with Crippen molar-refractivity contribution in [2.75, 3.05) is 7.11 Å². The first-order valence-corrected chi connectivity index (χ1v) is 7.49. The van der Waals surface area contributed by atoms with Gasteiger partial charge in [-0.3, -0.25) is 9.59 Å². The molecule has 1 amide bonds. The Morgan fingerprint density at radius 3 is 2.55 bits per heavy atom. The number of carboxylic acids is 1. The number of benzene rings is 1. The van der Waals surface area contributed by atoms with Crippen LogP contribution in [0.15, 0.2) is 24.3 Å². The minimum absolute atomic E-state index is 0.0226. The van der Waals surface area contributed by atoms with E-state index in [4.69, 9.17) is 9.84 Å². The second kappa shape index (κ2) is 6.38. The largest absolute Gasteiger partial charge is 0.496 e. The summed E-state index contributed by atoms with van der Waals surface area (Å²) in [6, 6.07) is 7.64. The zero-order chi connectivity index (χ0) is 16.3. The molecule has 0 bridgehead atoms. The summed E-state index contributed by atoms with van der Waals surface area (Å²) >= 11 is 0. The maximum atomic E-state index is 12.4. The minimum Gasteiger partial charge on any atom is -0.496 e. The van der Waals surface area contributed by atoms with Gasteiger partial charge in [0.25, 0.3) is 0 Å². The second-order valence-corrected chi connectivity index (χ2v) is 6.55. The summed E-state index contributed by atoms with van der Waals surface area (Å²) in [6.07, 6.45) is 1.61. The third kappa shape index (κ3) is 3.59. The highest BCUT2D eigenvalue weighted by molar-refractivity contribution is 5.83. The summed E-state index contributed by atoms with van der Waals surface area (Å²) in [5.41, 5.74) is 0.408. The number of nitrogens with one attached hydrogen (secondary N) is 1. The molecule has 1 aromatic rings. The van der Waals surface area contributed by atoms with Crippen molar-refractivity contribution in [3.8, 4) is 5.75 Å². The Labute approximate surface area is 130 Å². The van der Waals surface area contributed by atoms with E-state index in [-0.39, 0.29) is 17.9 Å². The molecule has 0 saturated heterocycles. The lowest BCUT2D eigenvalue weighted by Gasteiger charge is -2.35. The molecule has 22 heavy (non-hydrogen) atoms. The average Bonchev–Trinajstić information content (AvgIpc) is 2.41. The van der Waals surface area contributed by atoms with Crippen molar-refractivity contribution >= 4 is 11.9 Å². The zero-order valence-corrected chi connectivity index (χ0v) is 13.3. The Balaban J connectivity index is 1.95. The molecule has 0 heterocycles. The molecule has 1 aromatic carbocycles. The van der Waals surface area contributed by atoms with E-state index in [1.54, 1.807) is 7.11 Å². The lowest BCUT2D eigenvalue weighted by atomic mass is 9.78. The SMILES string of the molecule is COc1ccccc1CC(C)(C)C(=O)NC1CC(C(=O)O)C1. The van der Waals surface area contributed by atoms with Gasteiger partial charge < -0.3 is 15.2 Å². The molecule has 5 heteroatoms. The van der Waals surface area contributed by atoms with Crippen molar-refractivity contribution in [3.05, 3.63) is 29.8 Å². The standard InChI is InChI=1S/C17H23NO4/c1-17(2,10-11-6-4-5-7-14(11)22-3)16(21)18-13-8-12(9-13)15(19)20/h4-7,12-13H,8-10H2,1-3H3,(H,18,21)(H,19,20). The number of rotatable bonds is 6. The van der Waals surface area contributed by atoms with Crippen LogP contribution in [0.2, 0.25) is 0 Å². The van der Waals surface area contributed by atoms with Crippen LogP contribution in [0, 0.1) is 11.3 Å². The first-order chi connectivity index (χ1) is 10.3. The van der Waals surface area contributed by atoms with Gasteiger partial charge in [-0.25, -0.2) is 0 Å². The van der Waals surface area contributed by atoms with Crippen LogP contribution in [0.4, 0.5) is 0 Å². The topological polar surface area (TPSA) is 75.6 Å². The van der Waals surface area contributed by atoms with Crippen molar-refractivity contribution in [1.29, 1.82) is 0 Å². The number of hydrogen-bond acceptors (Lipinski definition) is 3. The van der Waals surface area contributed by atoms with E-state index in [0.717, 1.165) is 11.3 Å². The fourth-order valence-corrected chi connectivity index (χ4v) is 2.72. The Bertz CT molecular complexity index is 562. The lowest BCUT2D eigenvalue weighted by Crippen LogP contribution is -2.50. The number of carboxylic acid groups (broad SMARTS) is 1. The number of amides is 1. The van der Waals surface area contributed by atoms with Gasteiger partial charge in [-0.05, 0) is 30.9 Å². The van der Waals surface area contributed by atoms with E-state index < -0.39 is 11.4 Å². The van der Waals surface area contributed by atoms with E-state index >= 15 is 0 Å². The molecule has 1 aliphatic carbocycles. The summed E-state index contributed by atoms with van der Waals surface area (Å²) in [6.45, 7) is 3.78. The fraction of sp³-hybridized carbons (Fsp3) is 0.529. The van der Waals surface area contributed by atoms with Crippen molar-refractivity contribution in [3.63, 3.8) is 0 Å². The van der Waals surface area contributed by atoms with E-state index in [0.29, 0.717) is 19.3 Å². The molecule has 1 fully saturated rings. The van der Waals surface area contributed by atoms with Gasteiger partial charge in [0.2, 0.25) is 5.91 Å². The number of ether oxygens (including phenoxy) is 1. The maximum Gasteiger partial charge on any atom is 0.306 e. The molecule has 2 N–H and O–H groups in total. The average molecular weight is 305 g/mol. The zero-order valence-electron chi connectivity index (χ0n) is 13.3. The number of methoxy groups -OCH3 is 1. The van der Waals surface area contributed by atoms with Gasteiger partial charge in [-0.15, -0.1) is 0 Å². The van der Waals surface area contributed by atoms with Gasteiger partial charge in [0, 0.05) is 11.5 Å². The second-order valence-electron chi connectivity index (χ2n) is 6.55. The Morgan fingerprint density at radius 2 is 1.95 bits per heavy atom. The first kappa shape index (κ1) is 16.3. The predicted molar refractivity (Wildman–Crippen MR) is 82.8 cm³/mol. The van der Waals surface area contributed by atoms with Gasteiger partial charge in [-0.2, -0.15) is 0 Å². The van der Waals surface area contributed by atoms with Crippen molar-refractivity contribution in [1.82, 2.24) is 5.32 Å². The van der Waals surface area contributed by atoms with Crippen LogP contribution >= 0.6 is 0 Å². The number of para-hydroxylation sites is 1. The van der Waals surface area contributed by atoms with Gasteiger partial charge in [0.05, 0.1) is 13.0 Å². The van der Waals surface area contributed by atoms with Gasteiger partial charge in [0.1, 0.15) is 5.75 Å². The van der Waals surface area contributed by atoms with E-state index in [9.17, 15) is 9.59 Å². The molecule has 2 rings (SSSR count). The predicted octanol–water partition coefficient (Wildman–Crippen LogP) is 2.24. The molecule has 1 aliphatic rings. The van der Waals surface area contributed by atoms with E-state index in [2.05, 4.69) is 5.32 Å². The highest BCUT2D eigenvalue weighted by Gasteiger charge is 2.38. The molecular weight excluding hydrogens is 282 g/mol. The lowest BCUT2D eigenvalue weighted by molar-refractivity contribution is -0.146. The maximum absolute atomic E-state index is 12.4. The molecule has 0 unspecified atom stereocenters. The molecule has 1 saturated carbocycles. The fourth-order valence-electron chi connectivity index (χ4n) is 2.72. The highest BCUT2D eigenvalue weighted by Crippen LogP contribution is 2.31. The summed E-state index contributed by atoms with van der Waals surface area (Å²) < 4.78 is 5.33. The highest BCUT2D eigenvalue weighted by atomic mass is 16.5. The van der Waals surface area contributed by atoms with Crippen molar-refractivity contribution < 1.29 is 19.4 Å². The van der Waals surface area contributed by atoms with Crippen LogP contribution in [-0.2, 0) is 16.0 Å². The number of aliphatic carboxylic acids is 1. The first-order valence-electron chi connectivity index (χ1n) is 7.49. The molecule has 0 atom stereocenters. The minimum atomic E-state index is -0.779. The van der Waals surface area contributed by atoms with Crippen LogP contribution in [0.25, 0.3) is 0 Å². The molecular formula is C17H23NO4. The van der Waals surface area contributed by atoms with Crippen LogP contribution in [0.5, 0.6) is 5.75 Å². The quantitative estimate of drug-likeness (QED) is 0.845. The van der Waals surface area contributed by atoms with Crippen LogP contribution in [0.1, 0.15) is 32.3 Å². The molecule has 5 nitrogen and oxygen atoms in total. The Hall–Kier alpha value is -2.04. The Morgan fingerprint density at radius 1 is 1.32 bits per heavy atom. The number of carbonyl (C=O) groups excluding carboxylic acids is 1. The van der Waals surface area contributed by atoms with Crippen LogP contribution in [0.3, 0.4) is 0 Å². The summed E-state index contributed by atoms with van der Waals surface area (Å²) in [5.74, 6) is -0.369. The van der Waals surface area contributed by atoms with Gasteiger partial charge in [-0.1, -0.05) is 32.0 Å². The van der Waals surface area contributed by atoms with Crippen molar-refractivity contribution in [2.45, 2.75) is 39.2 Å². The number of carbonyl (C=O) groups is 2. The normalized spacial score (nSPS) is 20.9. The summed E-state index contributed by atoms with van der Waals surface area (Å²) in [7, 11) is 1.62. The smallest absolute Gasteiger partial charge is 0.306 e. The molecule has 0 aliphatic heterocycles. The van der Waals surface area contributed by atoms with Crippen LogP contribution in [-0.4, -0.2) is 30.1 Å². The molecule has 0 spiro atoms. The van der Waals surface area contributed by atoms with Crippen molar-refractivity contribution in [2.24, 2.45) is 11.3 Å². The van der Waals surface area contributed by atoms with Crippen LogP contribution < -0.4 is 10.1 Å². The number of hydrogen-bond donors (Lipinski definition) is 2. The molecule has 0 aromatic heterocycles. The van der Waals surface area contributed by atoms with Gasteiger partial charge >= 0.3 is 5.97 Å². The van der Waals surface area contributed by atoms with Gasteiger partial charge in [0.15, 0.2) is 0 Å². The monoisotopic (exact) mass is 305 g/mol. The summed E-state index contributed by atoms with van der Waals surface area (Å²) in [4.78, 5) is 23.2. The molecule has 0 radical (unpaired) electrons. The third-order valence-electron chi connectivity index (χ3n) is 4.26. The summed E-state index contributed by atoms with van der Waals surface area (Å²) in [5, 5.41) is 11.8.